The molecule has 0 atom stereocenters. The number of non-ortho nitro benzene ring substituents is 1. The molecule has 4 rings (SSSR count). The number of hydrogen-bond donors (Lipinski definition) is 1. The molecule has 1 aliphatic heterocycles. The fourth-order valence-electron chi connectivity index (χ4n) is 4.75. The molecule has 0 unspecified atom stereocenters. The number of benzene rings is 2. The molecule has 1 heterocycles. The van der Waals surface area contributed by atoms with Gasteiger partial charge in [-0.15, -0.1) is 0 Å². The number of anilines is 2. The zero-order valence-corrected chi connectivity index (χ0v) is 20.5. The molecule has 35 heavy (non-hydrogen) atoms. The van der Waals surface area contributed by atoms with E-state index < -0.39 is 4.92 Å². The summed E-state index contributed by atoms with van der Waals surface area (Å²) in [5, 5.41) is 14.0. The third-order valence-corrected chi connectivity index (χ3v) is 7.20. The van der Waals surface area contributed by atoms with Crippen molar-refractivity contribution in [3.8, 4) is 0 Å². The van der Waals surface area contributed by atoms with Crippen molar-refractivity contribution in [3.05, 3.63) is 63.2 Å². The van der Waals surface area contributed by atoms with Gasteiger partial charge in [-0.1, -0.05) is 30.9 Å². The molecule has 2 aromatic rings. The average Bonchev–Trinajstić information content (AvgIpc) is 2.88. The first kappa shape index (κ1) is 24.8. The van der Waals surface area contributed by atoms with Gasteiger partial charge in [0, 0.05) is 62.8 Å². The van der Waals surface area contributed by atoms with Crippen LogP contribution in [0.2, 0.25) is 5.02 Å². The van der Waals surface area contributed by atoms with Gasteiger partial charge in [0.2, 0.25) is 0 Å². The Bertz CT molecular complexity index is 1080. The first-order valence-corrected chi connectivity index (χ1v) is 12.3. The minimum Gasteiger partial charge on any atom is -0.368 e. The quantitative estimate of drug-likeness (QED) is 0.460. The van der Waals surface area contributed by atoms with Crippen molar-refractivity contribution in [2.24, 2.45) is 0 Å². The summed E-state index contributed by atoms with van der Waals surface area (Å²) >= 11 is 6.43. The topological polar surface area (TPSA) is 99.0 Å². The Labute approximate surface area is 209 Å². The Kier molecular flexibility index (Phi) is 7.75. The standard InChI is InChI=1S/C25H30ClN5O4/c1-28(19-5-3-2-4-6-19)24(32)22-12-7-18(17-23(22)26)27-25(33)30-15-13-29(14-16-30)20-8-10-21(11-9-20)31(34)35/h7-12,17,19H,2-6,13-16H2,1H3,(H,27,33). The van der Waals surface area contributed by atoms with Crippen LogP contribution in [0, 0.1) is 10.1 Å². The van der Waals surface area contributed by atoms with Crippen LogP contribution in [0.3, 0.4) is 0 Å². The number of amides is 3. The van der Waals surface area contributed by atoms with Crippen LogP contribution in [-0.2, 0) is 0 Å². The van der Waals surface area contributed by atoms with E-state index in [2.05, 4.69) is 10.2 Å². The van der Waals surface area contributed by atoms with Gasteiger partial charge in [-0.2, -0.15) is 0 Å². The molecule has 1 saturated heterocycles. The van der Waals surface area contributed by atoms with E-state index in [0.29, 0.717) is 42.5 Å². The SMILES string of the molecule is CN(C(=O)c1ccc(NC(=O)N2CCN(c3ccc([N+](=O)[O-])cc3)CC2)cc1Cl)C1CCCCC1. The average molecular weight is 500 g/mol. The maximum absolute atomic E-state index is 13.0. The number of nitrogens with zero attached hydrogens (tertiary/aromatic N) is 4. The van der Waals surface area contributed by atoms with Gasteiger partial charge in [0.05, 0.1) is 15.5 Å². The molecule has 186 valence electrons. The highest BCUT2D eigenvalue weighted by molar-refractivity contribution is 6.34. The van der Waals surface area contributed by atoms with Crippen molar-refractivity contribution >= 4 is 40.6 Å². The Balaban J connectivity index is 1.31. The lowest BCUT2D eigenvalue weighted by Gasteiger charge is -2.36. The summed E-state index contributed by atoms with van der Waals surface area (Å²) in [4.78, 5) is 41.7. The number of nitro benzene ring substituents is 1. The molecule has 0 bridgehead atoms. The van der Waals surface area contributed by atoms with E-state index in [4.69, 9.17) is 11.6 Å². The molecule has 0 aromatic heterocycles. The predicted octanol–water partition coefficient (Wildman–Crippen LogP) is 5.01. The minimum atomic E-state index is -0.421. The molecule has 9 nitrogen and oxygen atoms in total. The van der Waals surface area contributed by atoms with Gasteiger partial charge < -0.3 is 20.0 Å². The third kappa shape index (κ3) is 5.85. The van der Waals surface area contributed by atoms with Gasteiger partial charge in [-0.05, 0) is 43.2 Å². The summed E-state index contributed by atoms with van der Waals surface area (Å²) in [5.41, 5.74) is 1.92. The van der Waals surface area contributed by atoms with Gasteiger partial charge in [0.25, 0.3) is 11.6 Å². The minimum absolute atomic E-state index is 0.0544. The zero-order valence-electron chi connectivity index (χ0n) is 19.8. The van der Waals surface area contributed by atoms with E-state index in [1.54, 1.807) is 40.1 Å². The van der Waals surface area contributed by atoms with Crippen LogP contribution in [0.4, 0.5) is 21.9 Å². The van der Waals surface area contributed by atoms with E-state index in [1.165, 1.54) is 18.6 Å². The van der Waals surface area contributed by atoms with Crippen LogP contribution in [0.1, 0.15) is 42.5 Å². The van der Waals surface area contributed by atoms with E-state index in [1.807, 2.05) is 7.05 Å². The summed E-state index contributed by atoms with van der Waals surface area (Å²) in [5.74, 6) is -0.0952. The van der Waals surface area contributed by atoms with Crippen molar-refractivity contribution in [1.29, 1.82) is 0 Å². The Morgan fingerprint density at radius 1 is 1.03 bits per heavy atom. The van der Waals surface area contributed by atoms with Crippen LogP contribution < -0.4 is 10.2 Å². The molecule has 0 spiro atoms. The Morgan fingerprint density at radius 3 is 2.29 bits per heavy atom. The molecule has 3 amide bonds. The normalized spacial score (nSPS) is 16.6. The molecule has 2 fully saturated rings. The largest absolute Gasteiger partial charge is 0.368 e. The fourth-order valence-corrected chi connectivity index (χ4v) is 5.01. The first-order valence-electron chi connectivity index (χ1n) is 12.0. The van der Waals surface area contributed by atoms with Crippen molar-refractivity contribution in [3.63, 3.8) is 0 Å². The van der Waals surface area contributed by atoms with Crippen molar-refractivity contribution < 1.29 is 14.5 Å². The second-order valence-corrected chi connectivity index (χ2v) is 9.49. The predicted molar refractivity (Wildman–Crippen MR) is 136 cm³/mol. The van der Waals surface area contributed by atoms with Crippen molar-refractivity contribution in [2.45, 2.75) is 38.1 Å². The maximum Gasteiger partial charge on any atom is 0.321 e. The van der Waals surface area contributed by atoms with Crippen LogP contribution >= 0.6 is 11.6 Å². The van der Waals surface area contributed by atoms with Gasteiger partial charge in [-0.3, -0.25) is 14.9 Å². The molecule has 1 N–H and O–H groups in total. The number of halogens is 1. The highest BCUT2D eigenvalue weighted by Gasteiger charge is 2.25. The molecule has 1 aliphatic carbocycles. The molecular formula is C25H30ClN5O4. The molecule has 10 heteroatoms. The number of nitrogens with one attached hydrogen (secondary N) is 1. The third-order valence-electron chi connectivity index (χ3n) is 6.89. The molecule has 1 saturated carbocycles. The lowest BCUT2D eigenvalue weighted by molar-refractivity contribution is -0.384. The van der Waals surface area contributed by atoms with E-state index in [0.717, 1.165) is 31.4 Å². The highest BCUT2D eigenvalue weighted by atomic mass is 35.5. The summed E-state index contributed by atoms with van der Waals surface area (Å²) in [6.07, 6.45) is 5.54. The van der Waals surface area contributed by atoms with E-state index >= 15 is 0 Å². The number of rotatable bonds is 5. The van der Waals surface area contributed by atoms with Gasteiger partial charge in [0.1, 0.15) is 0 Å². The van der Waals surface area contributed by atoms with Crippen LogP contribution in [0.15, 0.2) is 42.5 Å². The van der Waals surface area contributed by atoms with Gasteiger partial charge in [0.15, 0.2) is 0 Å². The molecule has 0 radical (unpaired) electrons. The van der Waals surface area contributed by atoms with Crippen LogP contribution in [0.25, 0.3) is 0 Å². The fraction of sp³-hybridized carbons (Fsp3) is 0.440. The monoisotopic (exact) mass is 499 g/mol. The summed E-state index contributed by atoms with van der Waals surface area (Å²) in [6.45, 7) is 2.26. The number of carbonyl (C=O) groups excluding carboxylic acids is 2. The van der Waals surface area contributed by atoms with E-state index in [-0.39, 0.29) is 23.7 Å². The Morgan fingerprint density at radius 2 is 1.69 bits per heavy atom. The summed E-state index contributed by atoms with van der Waals surface area (Å²) < 4.78 is 0. The highest BCUT2D eigenvalue weighted by Crippen LogP contribution is 2.27. The van der Waals surface area contributed by atoms with Gasteiger partial charge in [-0.25, -0.2) is 4.79 Å². The number of carbonyl (C=O) groups is 2. The lowest BCUT2D eigenvalue weighted by atomic mass is 9.94. The van der Waals surface area contributed by atoms with Crippen molar-refractivity contribution in [1.82, 2.24) is 9.80 Å². The molecular weight excluding hydrogens is 470 g/mol. The lowest BCUT2D eigenvalue weighted by Crippen LogP contribution is -2.50. The van der Waals surface area contributed by atoms with E-state index in [9.17, 15) is 19.7 Å². The Hall–Kier alpha value is -3.33. The number of hydrogen-bond acceptors (Lipinski definition) is 5. The summed E-state index contributed by atoms with van der Waals surface area (Å²) in [6, 6.07) is 11.4. The second-order valence-electron chi connectivity index (χ2n) is 9.08. The number of piperazine rings is 1. The summed E-state index contributed by atoms with van der Waals surface area (Å²) in [7, 11) is 1.83. The second kappa shape index (κ2) is 10.9. The number of urea groups is 1. The number of nitro groups is 1. The smallest absolute Gasteiger partial charge is 0.321 e. The molecule has 2 aliphatic rings. The van der Waals surface area contributed by atoms with Crippen LogP contribution in [0.5, 0.6) is 0 Å². The van der Waals surface area contributed by atoms with Gasteiger partial charge >= 0.3 is 6.03 Å². The zero-order chi connectivity index (χ0) is 24.9. The first-order chi connectivity index (χ1) is 16.8. The van der Waals surface area contributed by atoms with Crippen molar-refractivity contribution in [2.75, 3.05) is 43.4 Å². The van der Waals surface area contributed by atoms with Crippen LogP contribution in [-0.4, -0.2) is 65.9 Å². The maximum atomic E-state index is 13.0. The molecule has 2 aromatic carbocycles.